The van der Waals surface area contributed by atoms with Crippen LogP contribution in [0.4, 0.5) is 13.2 Å². The van der Waals surface area contributed by atoms with Crippen molar-refractivity contribution in [1.29, 1.82) is 0 Å². The van der Waals surface area contributed by atoms with Crippen LogP contribution in [0, 0.1) is 0 Å². The Morgan fingerprint density at radius 2 is 1.79 bits per heavy atom. The summed E-state index contributed by atoms with van der Waals surface area (Å²) >= 11 is 0. The van der Waals surface area contributed by atoms with Crippen LogP contribution in [-0.2, 0) is 10.1 Å². The SMILES string of the molecule is O=S(=O)(O)C1=CC=C(C(F)(F)F)CC1. The fourth-order valence-corrected chi connectivity index (χ4v) is 1.67. The Hall–Kier alpha value is -0.820. The maximum Gasteiger partial charge on any atom is 0.412 e. The molecule has 0 bridgehead atoms. The molecule has 0 heterocycles. The lowest BCUT2D eigenvalue weighted by Crippen LogP contribution is -2.15. The minimum atomic E-state index is -4.43. The van der Waals surface area contributed by atoms with Crippen molar-refractivity contribution in [3.63, 3.8) is 0 Å². The van der Waals surface area contributed by atoms with E-state index in [0.717, 1.165) is 6.08 Å². The molecule has 80 valence electrons. The van der Waals surface area contributed by atoms with Crippen LogP contribution in [0.25, 0.3) is 0 Å². The van der Waals surface area contributed by atoms with Crippen LogP contribution in [-0.4, -0.2) is 19.1 Å². The molecule has 1 aliphatic rings. The highest BCUT2D eigenvalue weighted by Crippen LogP contribution is 2.33. The van der Waals surface area contributed by atoms with Gasteiger partial charge in [-0.2, -0.15) is 21.6 Å². The molecule has 0 aliphatic heterocycles. The molecular formula is C7H7F3O3S. The van der Waals surface area contributed by atoms with Crippen molar-refractivity contribution >= 4 is 10.1 Å². The fourth-order valence-electron chi connectivity index (χ4n) is 1.07. The minimum absolute atomic E-state index is 0.315. The maximum absolute atomic E-state index is 12.1. The first-order valence-corrected chi connectivity index (χ1v) is 5.09. The van der Waals surface area contributed by atoms with Crippen molar-refractivity contribution in [3.05, 3.63) is 22.6 Å². The third-order valence-corrected chi connectivity index (χ3v) is 2.81. The molecule has 0 unspecified atom stereocenters. The molecular weight excluding hydrogens is 221 g/mol. The van der Waals surface area contributed by atoms with E-state index in [1.54, 1.807) is 0 Å². The Labute approximate surface area is 78.7 Å². The van der Waals surface area contributed by atoms with Gasteiger partial charge in [0.1, 0.15) is 0 Å². The monoisotopic (exact) mass is 228 g/mol. The lowest BCUT2D eigenvalue weighted by Gasteiger charge is -2.15. The second-order valence-corrected chi connectivity index (χ2v) is 4.27. The summed E-state index contributed by atoms with van der Waals surface area (Å²) in [5.74, 6) is 0. The summed E-state index contributed by atoms with van der Waals surface area (Å²) in [5, 5.41) is 0. The third kappa shape index (κ3) is 2.58. The summed E-state index contributed by atoms with van der Waals surface area (Å²) in [6.07, 6.45) is -3.71. The smallest absolute Gasteiger partial charge is 0.282 e. The summed E-state index contributed by atoms with van der Waals surface area (Å²) in [6, 6.07) is 0. The third-order valence-electron chi connectivity index (χ3n) is 1.81. The zero-order valence-corrected chi connectivity index (χ0v) is 7.69. The summed E-state index contributed by atoms with van der Waals surface area (Å²) in [5.41, 5.74) is -0.787. The second kappa shape index (κ2) is 3.39. The van der Waals surface area contributed by atoms with Crippen molar-refractivity contribution in [2.24, 2.45) is 0 Å². The molecule has 0 saturated heterocycles. The molecule has 0 atom stereocenters. The van der Waals surface area contributed by atoms with E-state index in [2.05, 4.69) is 0 Å². The normalized spacial score (nSPS) is 18.9. The number of hydrogen-bond donors (Lipinski definition) is 1. The Morgan fingerprint density at radius 3 is 2.07 bits per heavy atom. The maximum atomic E-state index is 12.1. The first kappa shape index (κ1) is 11.3. The van der Waals surface area contributed by atoms with E-state index >= 15 is 0 Å². The highest BCUT2D eigenvalue weighted by molar-refractivity contribution is 7.89. The van der Waals surface area contributed by atoms with Crippen molar-refractivity contribution in [2.75, 3.05) is 0 Å². The van der Waals surface area contributed by atoms with Gasteiger partial charge in [0, 0.05) is 5.57 Å². The van der Waals surface area contributed by atoms with Crippen molar-refractivity contribution in [2.45, 2.75) is 19.0 Å². The van der Waals surface area contributed by atoms with Gasteiger partial charge in [-0.3, -0.25) is 4.55 Å². The number of allylic oxidation sites excluding steroid dienone is 4. The molecule has 1 rings (SSSR count). The van der Waals surface area contributed by atoms with E-state index in [4.69, 9.17) is 4.55 Å². The Kier molecular flexibility index (Phi) is 2.73. The standard InChI is InChI=1S/C7H7F3O3S/c8-7(9,10)5-1-3-6(4-2-5)14(11,12)13/h1,3H,2,4H2,(H,11,12,13). The quantitative estimate of drug-likeness (QED) is 0.699. The van der Waals surface area contributed by atoms with Crippen LogP contribution >= 0.6 is 0 Å². The van der Waals surface area contributed by atoms with Crippen LogP contribution in [0.15, 0.2) is 22.6 Å². The molecule has 3 nitrogen and oxygen atoms in total. The summed E-state index contributed by atoms with van der Waals surface area (Å²) < 4.78 is 65.7. The summed E-state index contributed by atoms with van der Waals surface area (Å²) in [4.78, 5) is -0.384. The lowest BCUT2D eigenvalue weighted by atomic mass is 10.1. The first-order valence-electron chi connectivity index (χ1n) is 3.65. The van der Waals surface area contributed by atoms with E-state index in [0.29, 0.717) is 6.08 Å². The number of hydrogen-bond acceptors (Lipinski definition) is 2. The first-order chi connectivity index (χ1) is 6.21. The minimum Gasteiger partial charge on any atom is -0.282 e. The Bertz CT molecular complexity index is 389. The molecule has 0 aromatic carbocycles. The number of halogens is 3. The van der Waals surface area contributed by atoms with Gasteiger partial charge in [0.05, 0.1) is 4.91 Å². The lowest BCUT2D eigenvalue weighted by molar-refractivity contribution is -0.0940. The highest BCUT2D eigenvalue weighted by Gasteiger charge is 2.34. The topological polar surface area (TPSA) is 54.4 Å². The molecule has 0 spiro atoms. The fraction of sp³-hybridized carbons (Fsp3) is 0.429. The van der Waals surface area contributed by atoms with Gasteiger partial charge < -0.3 is 0 Å². The zero-order valence-electron chi connectivity index (χ0n) is 6.87. The molecule has 7 heteroatoms. The van der Waals surface area contributed by atoms with Crippen molar-refractivity contribution < 1.29 is 26.1 Å². The Morgan fingerprint density at radius 1 is 1.21 bits per heavy atom. The molecule has 0 aromatic heterocycles. The number of alkyl halides is 3. The van der Waals surface area contributed by atoms with E-state index in [1.807, 2.05) is 0 Å². The Balaban J connectivity index is 2.96. The van der Waals surface area contributed by atoms with Crippen LogP contribution in [0.3, 0.4) is 0 Å². The van der Waals surface area contributed by atoms with Crippen LogP contribution in [0.5, 0.6) is 0 Å². The van der Waals surface area contributed by atoms with E-state index in [1.165, 1.54) is 0 Å². The van der Waals surface area contributed by atoms with Crippen LogP contribution < -0.4 is 0 Å². The summed E-state index contributed by atoms with van der Waals surface area (Å²) in [6.45, 7) is 0. The van der Waals surface area contributed by atoms with Crippen LogP contribution in [0.1, 0.15) is 12.8 Å². The summed E-state index contributed by atoms with van der Waals surface area (Å²) in [7, 11) is -4.35. The molecule has 0 fully saturated rings. The van der Waals surface area contributed by atoms with Gasteiger partial charge in [0.25, 0.3) is 10.1 Å². The highest BCUT2D eigenvalue weighted by atomic mass is 32.2. The van der Waals surface area contributed by atoms with E-state index in [-0.39, 0.29) is 11.3 Å². The average Bonchev–Trinajstić information content (AvgIpc) is 2.01. The van der Waals surface area contributed by atoms with Crippen molar-refractivity contribution in [1.82, 2.24) is 0 Å². The predicted octanol–water partition coefficient (Wildman–Crippen LogP) is 2.04. The molecule has 14 heavy (non-hydrogen) atoms. The average molecular weight is 228 g/mol. The van der Waals surface area contributed by atoms with Gasteiger partial charge >= 0.3 is 6.18 Å². The molecule has 1 aliphatic carbocycles. The van der Waals surface area contributed by atoms with Gasteiger partial charge in [0.15, 0.2) is 0 Å². The van der Waals surface area contributed by atoms with Crippen LogP contribution in [0.2, 0.25) is 0 Å². The molecule has 0 radical (unpaired) electrons. The largest absolute Gasteiger partial charge is 0.412 e. The van der Waals surface area contributed by atoms with Gasteiger partial charge in [-0.15, -0.1) is 0 Å². The van der Waals surface area contributed by atoms with E-state index in [9.17, 15) is 21.6 Å². The molecule has 0 saturated carbocycles. The van der Waals surface area contributed by atoms with Crippen molar-refractivity contribution in [3.8, 4) is 0 Å². The number of rotatable bonds is 1. The van der Waals surface area contributed by atoms with Gasteiger partial charge in [-0.25, -0.2) is 0 Å². The molecule has 0 amide bonds. The molecule has 1 N–H and O–H groups in total. The molecule has 0 aromatic rings. The predicted molar refractivity (Wildman–Crippen MR) is 43.0 cm³/mol. The van der Waals surface area contributed by atoms with Gasteiger partial charge in [-0.1, -0.05) is 6.08 Å². The second-order valence-electron chi connectivity index (χ2n) is 2.80. The zero-order chi connectivity index (χ0) is 11.0. The van der Waals surface area contributed by atoms with Gasteiger partial charge in [-0.05, 0) is 18.9 Å². The van der Waals surface area contributed by atoms with Gasteiger partial charge in [0.2, 0.25) is 0 Å². The van der Waals surface area contributed by atoms with E-state index < -0.39 is 28.3 Å².